The first-order valence-corrected chi connectivity index (χ1v) is 7.02. The van der Waals surface area contributed by atoms with Crippen molar-refractivity contribution in [1.82, 2.24) is 4.90 Å². The maximum absolute atomic E-state index is 12.1. The lowest BCUT2D eigenvalue weighted by molar-refractivity contribution is 0.232. The van der Waals surface area contributed by atoms with Gasteiger partial charge in [-0.15, -0.1) is 0 Å². The molecule has 2 rings (SSSR count). The molecule has 0 spiro atoms. The van der Waals surface area contributed by atoms with Crippen molar-refractivity contribution in [3.8, 4) is 0 Å². The molecule has 1 aliphatic heterocycles. The van der Waals surface area contributed by atoms with Crippen LogP contribution >= 0.6 is 15.9 Å². The molecule has 1 heterocycles. The molecule has 0 saturated carbocycles. The Labute approximate surface area is 98.1 Å². The maximum atomic E-state index is 12.1. The molecule has 1 aliphatic rings. The lowest BCUT2D eigenvalue weighted by Gasteiger charge is -2.35. The molecule has 0 aromatic heterocycles. The third-order valence-electron chi connectivity index (χ3n) is 2.61. The predicted molar refractivity (Wildman–Crippen MR) is 62.6 cm³/mol. The summed E-state index contributed by atoms with van der Waals surface area (Å²) in [5.41, 5.74) is 0. The molecule has 0 atom stereocenters. The van der Waals surface area contributed by atoms with Gasteiger partial charge >= 0.3 is 0 Å². The number of benzene rings is 1. The fraction of sp³-hybridized carbons (Fsp3) is 0.400. The van der Waals surface area contributed by atoms with Gasteiger partial charge in [-0.1, -0.05) is 12.1 Å². The van der Waals surface area contributed by atoms with Crippen molar-refractivity contribution in [3.63, 3.8) is 0 Å². The van der Waals surface area contributed by atoms with Crippen molar-refractivity contribution >= 4 is 25.8 Å². The molecular formula is C10H12BrNO2S. The summed E-state index contributed by atoms with van der Waals surface area (Å²) in [7, 11) is -1.23. The average molecular weight is 290 g/mol. The van der Waals surface area contributed by atoms with E-state index in [9.17, 15) is 8.42 Å². The first kappa shape index (κ1) is 11.1. The Morgan fingerprint density at radius 2 is 1.93 bits per heavy atom. The summed E-state index contributed by atoms with van der Waals surface area (Å²) >= 11 is 3.28. The zero-order chi connectivity index (χ0) is 11.1. The van der Waals surface area contributed by atoms with E-state index in [0.717, 1.165) is 0 Å². The quantitative estimate of drug-likeness (QED) is 0.829. The van der Waals surface area contributed by atoms with Crippen LogP contribution in [0.1, 0.15) is 0 Å². The predicted octanol–water partition coefficient (Wildman–Crippen LogP) is 1.54. The van der Waals surface area contributed by atoms with Crippen molar-refractivity contribution in [3.05, 3.63) is 28.7 Å². The SMILES string of the molecule is CN1CC(S(=O)(=O)c2ccccc2Br)C1. The topological polar surface area (TPSA) is 37.4 Å². The fourth-order valence-electron chi connectivity index (χ4n) is 1.69. The van der Waals surface area contributed by atoms with Crippen LogP contribution in [0.15, 0.2) is 33.6 Å². The highest BCUT2D eigenvalue weighted by molar-refractivity contribution is 9.10. The van der Waals surface area contributed by atoms with Gasteiger partial charge in [0.05, 0.1) is 10.1 Å². The standard InChI is InChI=1S/C10H12BrNO2S/c1-12-6-8(7-12)15(13,14)10-5-3-2-4-9(10)11/h2-5,8H,6-7H2,1H3. The highest BCUT2D eigenvalue weighted by Gasteiger charge is 2.36. The Morgan fingerprint density at radius 3 is 2.47 bits per heavy atom. The summed E-state index contributed by atoms with van der Waals surface area (Å²) in [5.74, 6) is 0. The van der Waals surface area contributed by atoms with Crippen LogP contribution in [0.3, 0.4) is 0 Å². The van der Waals surface area contributed by atoms with E-state index in [0.29, 0.717) is 22.5 Å². The molecule has 82 valence electrons. The van der Waals surface area contributed by atoms with Crippen molar-refractivity contribution in [2.75, 3.05) is 20.1 Å². The van der Waals surface area contributed by atoms with Crippen LogP contribution in [0.2, 0.25) is 0 Å². The molecule has 5 heteroatoms. The lowest BCUT2D eigenvalue weighted by Crippen LogP contribution is -2.52. The smallest absolute Gasteiger partial charge is 0.184 e. The van der Waals surface area contributed by atoms with Gasteiger partial charge in [0.2, 0.25) is 0 Å². The van der Waals surface area contributed by atoms with Crippen LogP contribution in [0.4, 0.5) is 0 Å². The van der Waals surface area contributed by atoms with E-state index in [1.54, 1.807) is 18.2 Å². The van der Waals surface area contributed by atoms with E-state index in [2.05, 4.69) is 15.9 Å². The minimum atomic E-state index is -3.15. The number of halogens is 1. The monoisotopic (exact) mass is 289 g/mol. The molecule has 0 unspecified atom stereocenters. The number of likely N-dealkylation sites (tertiary alicyclic amines) is 1. The summed E-state index contributed by atoms with van der Waals surface area (Å²) in [5, 5.41) is -0.249. The number of hydrogen-bond donors (Lipinski definition) is 0. The minimum absolute atomic E-state index is 0.249. The average Bonchev–Trinajstić information content (AvgIpc) is 2.13. The molecule has 1 saturated heterocycles. The number of hydrogen-bond acceptors (Lipinski definition) is 3. The van der Waals surface area contributed by atoms with E-state index in [1.165, 1.54) is 0 Å². The summed E-state index contributed by atoms with van der Waals surface area (Å²) in [6, 6.07) is 6.98. The summed E-state index contributed by atoms with van der Waals surface area (Å²) in [4.78, 5) is 2.40. The van der Waals surface area contributed by atoms with Crippen LogP contribution < -0.4 is 0 Å². The van der Waals surface area contributed by atoms with E-state index in [1.807, 2.05) is 18.0 Å². The molecule has 0 bridgehead atoms. The normalized spacial score (nSPS) is 18.8. The maximum Gasteiger partial charge on any atom is 0.184 e. The van der Waals surface area contributed by atoms with Crippen LogP contribution in [0.25, 0.3) is 0 Å². The minimum Gasteiger partial charge on any atom is -0.304 e. The first-order chi connectivity index (χ1) is 7.01. The Morgan fingerprint density at radius 1 is 1.33 bits per heavy atom. The summed E-state index contributed by atoms with van der Waals surface area (Å²) in [6.07, 6.45) is 0. The Bertz CT molecular complexity index is 466. The second kappa shape index (κ2) is 3.88. The van der Waals surface area contributed by atoms with E-state index in [4.69, 9.17) is 0 Å². The van der Waals surface area contributed by atoms with Crippen molar-refractivity contribution in [1.29, 1.82) is 0 Å². The third-order valence-corrected chi connectivity index (χ3v) is 5.71. The third kappa shape index (κ3) is 1.96. The molecule has 0 aliphatic carbocycles. The zero-order valence-electron chi connectivity index (χ0n) is 8.35. The molecule has 0 amide bonds. The van der Waals surface area contributed by atoms with Crippen molar-refractivity contribution in [2.24, 2.45) is 0 Å². The van der Waals surface area contributed by atoms with Crippen molar-refractivity contribution < 1.29 is 8.42 Å². The largest absolute Gasteiger partial charge is 0.304 e. The van der Waals surface area contributed by atoms with Gasteiger partial charge < -0.3 is 4.90 Å². The van der Waals surface area contributed by atoms with E-state index >= 15 is 0 Å². The van der Waals surface area contributed by atoms with Gasteiger partial charge in [0.15, 0.2) is 9.84 Å². The van der Waals surface area contributed by atoms with Gasteiger partial charge in [0.25, 0.3) is 0 Å². The molecule has 1 aromatic rings. The molecule has 15 heavy (non-hydrogen) atoms. The highest BCUT2D eigenvalue weighted by Crippen LogP contribution is 2.28. The van der Waals surface area contributed by atoms with Gasteiger partial charge in [0.1, 0.15) is 0 Å². The molecule has 1 aromatic carbocycles. The first-order valence-electron chi connectivity index (χ1n) is 4.69. The van der Waals surface area contributed by atoms with Gasteiger partial charge in [-0.2, -0.15) is 0 Å². The fourth-order valence-corrected chi connectivity index (χ4v) is 4.52. The molecular weight excluding hydrogens is 278 g/mol. The highest BCUT2D eigenvalue weighted by atomic mass is 79.9. The Kier molecular flexibility index (Phi) is 2.87. The second-order valence-corrected chi connectivity index (χ2v) is 6.87. The van der Waals surface area contributed by atoms with Gasteiger partial charge in [-0.25, -0.2) is 8.42 Å². The second-order valence-electron chi connectivity index (χ2n) is 3.82. The van der Waals surface area contributed by atoms with Crippen molar-refractivity contribution in [2.45, 2.75) is 10.1 Å². The molecule has 0 radical (unpaired) electrons. The lowest BCUT2D eigenvalue weighted by atomic mass is 10.2. The number of sulfone groups is 1. The molecule has 1 fully saturated rings. The van der Waals surface area contributed by atoms with Crippen LogP contribution in [0, 0.1) is 0 Å². The Hall–Kier alpha value is -0.390. The van der Waals surface area contributed by atoms with Gasteiger partial charge in [0, 0.05) is 17.6 Å². The van der Waals surface area contributed by atoms with E-state index < -0.39 is 9.84 Å². The zero-order valence-corrected chi connectivity index (χ0v) is 10.8. The Balaban J connectivity index is 2.35. The van der Waals surface area contributed by atoms with Gasteiger partial charge in [-0.3, -0.25) is 0 Å². The molecule has 0 N–H and O–H groups in total. The number of nitrogens with zero attached hydrogens (tertiary/aromatic N) is 1. The molecule has 3 nitrogen and oxygen atoms in total. The van der Waals surface area contributed by atoms with Crippen LogP contribution in [-0.4, -0.2) is 38.7 Å². The van der Waals surface area contributed by atoms with Crippen LogP contribution in [0.5, 0.6) is 0 Å². The van der Waals surface area contributed by atoms with Gasteiger partial charge in [-0.05, 0) is 35.1 Å². The summed E-state index contributed by atoms with van der Waals surface area (Å²) < 4.78 is 24.9. The number of rotatable bonds is 2. The summed E-state index contributed by atoms with van der Waals surface area (Å²) in [6.45, 7) is 1.26. The van der Waals surface area contributed by atoms with E-state index in [-0.39, 0.29) is 5.25 Å². The van der Waals surface area contributed by atoms with Crippen LogP contribution in [-0.2, 0) is 9.84 Å².